The number of aromatic nitrogens is 1. The van der Waals surface area contributed by atoms with Crippen LogP contribution in [0.25, 0.3) is 10.9 Å². The maximum Gasteiger partial charge on any atom is 0.380 e. The van der Waals surface area contributed by atoms with Gasteiger partial charge in [0.2, 0.25) is 0 Å². The van der Waals surface area contributed by atoms with Crippen molar-refractivity contribution in [1.29, 1.82) is 0 Å². The molecule has 1 heterocycles. The number of hydrogen-bond acceptors (Lipinski definition) is 4. The van der Waals surface area contributed by atoms with Crippen molar-refractivity contribution in [2.75, 3.05) is 14.2 Å². The minimum Gasteiger partial charge on any atom is -0.505 e. The summed E-state index contributed by atoms with van der Waals surface area (Å²) in [7, 11) is 0.828. The molecule has 1 aromatic carbocycles. The van der Waals surface area contributed by atoms with E-state index < -0.39 is 7.60 Å². The SMILES string of the molecule is COP(=O)(OC)c1c(O)c2ccccc2n1C. The van der Waals surface area contributed by atoms with Crippen molar-refractivity contribution in [2.24, 2.45) is 7.05 Å². The van der Waals surface area contributed by atoms with Crippen LogP contribution in [-0.2, 0) is 20.7 Å². The molecule has 0 fully saturated rings. The van der Waals surface area contributed by atoms with Gasteiger partial charge in [-0.2, -0.15) is 0 Å². The number of benzene rings is 1. The second kappa shape index (κ2) is 4.18. The van der Waals surface area contributed by atoms with Gasteiger partial charge in [-0.3, -0.25) is 4.57 Å². The molecule has 0 saturated heterocycles. The van der Waals surface area contributed by atoms with Crippen LogP contribution in [0.15, 0.2) is 24.3 Å². The van der Waals surface area contributed by atoms with Crippen LogP contribution in [0.2, 0.25) is 0 Å². The van der Waals surface area contributed by atoms with Crippen LogP contribution in [0.5, 0.6) is 5.75 Å². The normalized spacial score (nSPS) is 12.2. The van der Waals surface area contributed by atoms with Crippen molar-refractivity contribution in [2.45, 2.75) is 0 Å². The molecular weight excluding hydrogens is 241 g/mol. The molecule has 0 aliphatic rings. The van der Waals surface area contributed by atoms with E-state index in [9.17, 15) is 9.67 Å². The summed E-state index contributed by atoms with van der Waals surface area (Å²) < 4.78 is 23.8. The molecule has 2 rings (SSSR count). The lowest BCUT2D eigenvalue weighted by Gasteiger charge is -2.14. The molecule has 17 heavy (non-hydrogen) atoms. The summed E-state index contributed by atoms with van der Waals surface area (Å²) in [5, 5.41) is 10.7. The third kappa shape index (κ3) is 1.67. The Hall–Kier alpha value is -1.29. The van der Waals surface area contributed by atoms with Gasteiger partial charge < -0.3 is 18.7 Å². The van der Waals surface area contributed by atoms with E-state index in [1.807, 2.05) is 12.1 Å². The molecule has 0 amide bonds. The van der Waals surface area contributed by atoms with Gasteiger partial charge in [0, 0.05) is 26.7 Å². The van der Waals surface area contributed by atoms with Gasteiger partial charge in [-0.05, 0) is 12.1 Å². The molecular formula is C11H14NO4P. The van der Waals surface area contributed by atoms with Crippen LogP contribution < -0.4 is 5.44 Å². The highest BCUT2D eigenvalue weighted by atomic mass is 31.2. The van der Waals surface area contributed by atoms with Crippen LogP contribution >= 0.6 is 7.60 Å². The van der Waals surface area contributed by atoms with Crippen LogP contribution in [0.1, 0.15) is 0 Å². The van der Waals surface area contributed by atoms with Gasteiger partial charge in [-0.1, -0.05) is 12.1 Å². The van der Waals surface area contributed by atoms with Crippen LogP contribution in [0, 0.1) is 0 Å². The third-order valence-corrected chi connectivity index (χ3v) is 4.78. The number of nitrogens with zero attached hydrogens (tertiary/aromatic N) is 1. The summed E-state index contributed by atoms with van der Waals surface area (Å²) in [5.41, 5.74) is 0.943. The molecule has 0 aliphatic carbocycles. The Labute approximate surface area is 99.1 Å². The van der Waals surface area contributed by atoms with Crippen molar-refractivity contribution in [3.05, 3.63) is 24.3 Å². The van der Waals surface area contributed by atoms with Gasteiger partial charge in [-0.25, -0.2) is 0 Å². The average Bonchev–Trinajstić information content (AvgIpc) is 2.62. The van der Waals surface area contributed by atoms with E-state index in [-0.39, 0.29) is 11.2 Å². The number of aryl methyl sites for hydroxylation is 1. The molecule has 0 unspecified atom stereocenters. The Morgan fingerprint density at radius 2 is 1.82 bits per heavy atom. The number of para-hydroxylation sites is 1. The van der Waals surface area contributed by atoms with Gasteiger partial charge in [0.25, 0.3) is 0 Å². The highest BCUT2D eigenvalue weighted by Gasteiger charge is 2.33. The zero-order chi connectivity index (χ0) is 12.6. The van der Waals surface area contributed by atoms with E-state index in [1.165, 1.54) is 14.2 Å². The van der Waals surface area contributed by atoms with Gasteiger partial charge >= 0.3 is 7.60 Å². The highest BCUT2D eigenvalue weighted by Crippen LogP contribution is 2.49. The molecule has 0 aliphatic heterocycles. The first kappa shape index (κ1) is 12.2. The van der Waals surface area contributed by atoms with E-state index in [1.54, 1.807) is 23.7 Å². The molecule has 5 nitrogen and oxygen atoms in total. The minimum atomic E-state index is -3.47. The van der Waals surface area contributed by atoms with Crippen molar-refractivity contribution in [3.63, 3.8) is 0 Å². The first-order valence-electron chi connectivity index (χ1n) is 5.03. The molecule has 1 N–H and O–H groups in total. The highest BCUT2D eigenvalue weighted by molar-refractivity contribution is 7.62. The zero-order valence-electron chi connectivity index (χ0n) is 9.88. The maximum absolute atomic E-state index is 12.3. The smallest absolute Gasteiger partial charge is 0.380 e. The van der Waals surface area contributed by atoms with E-state index in [4.69, 9.17) is 9.05 Å². The molecule has 0 atom stereocenters. The second-order valence-corrected chi connectivity index (χ2v) is 5.76. The number of aromatic hydroxyl groups is 1. The quantitative estimate of drug-likeness (QED) is 0.852. The topological polar surface area (TPSA) is 60.7 Å². The monoisotopic (exact) mass is 255 g/mol. The summed E-state index contributed by atoms with van der Waals surface area (Å²) in [6.45, 7) is 0. The van der Waals surface area contributed by atoms with E-state index in [0.717, 1.165) is 5.52 Å². The molecule has 1 aromatic heterocycles. The Morgan fingerprint density at radius 1 is 1.24 bits per heavy atom. The molecule has 0 spiro atoms. The van der Waals surface area contributed by atoms with Crippen LogP contribution in [0.3, 0.4) is 0 Å². The largest absolute Gasteiger partial charge is 0.505 e. The second-order valence-electron chi connectivity index (χ2n) is 3.61. The summed E-state index contributed by atoms with van der Waals surface area (Å²) in [6, 6.07) is 7.23. The maximum atomic E-state index is 12.3. The summed E-state index contributed by atoms with van der Waals surface area (Å²) in [6.07, 6.45) is 0. The molecule has 2 aromatic rings. The standard InChI is InChI=1S/C11H14NO4P/c1-12-9-7-5-4-6-8(9)10(13)11(12)17(14,15-2)16-3/h4-7,13H,1-3H3. The molecule has 6 heteroatoms. The van der Waals surface area contributed by atoms with E-state index in [2.05, 4.69) is 0 Å². The van der Waals surface area contributed by atoms with Crippen molar-refractivity contribution in [3.8, 4) is 5.75 Å². The van der Waals surface area contributed by atoms with E-state index in [0.29, 0.717) is 5.39 Å². The van der Waals surface area contributed by atoms with Gasteiger partial charge in [-0.15, -0.1) is 0 Å². The molecule has 0 bridgehead atoms. The predicted molar refractivity (Wildman–Crippen MR) is 65.8 cm³/mol. The van der Waals surface area contributed by atoms with Crippen molar-refractivity contribution < 1.29 is 18.7 Å². The summed E-state index contributed by atoms with van der Waals surface area (Å²) >= 11 is 0. The van der Waals surface area contributed by atoms with Crippen molar-refractivity contribution in [1.82, 2.24) is 4.57 Å². The average molecular weight is 255 g/mol. The van der Waals surface area contributed by atoms with Crippen LogP contribution in [-0.4, -0.2) is 23.9 Å². The van der Waals surface area contributed by atoms with E-state index >= 15 is 0 Å². The fraction of sp³-hybridized carbons (Fsp3) is 0.273. The fourth-order valence-corrected chi connectivity index (χ4v) is 3.27. The lowest BCUT2D eigenvalue weighted by Crippen LogP contribution is -2.16. The summed E-state index contributed by atoms with van der Waals surface area (Å²) in [5.74, 6) is -0.0601. The molecule has 0 radical (unpaired) electrons. The zero-order valence-corrected chi connectivity index (χ0v) is 10.8. The first-order valence-corrected chi connectivity index (χ1v) is 6.58. The minimum absolute atomic E-state index is 0.0601. The third-order valence-electron chi connectivity index (χ3n) is 2.79. The Bertz CT molecular complexity index is 558. The number of rotatable bonds is 3. The molecule has 92 valence electrons. The molecule has 0 saturated carbocycles. The number of fused-ring (bicyclic) bond motifs is 1. The van der Waals surface area contributed by atoms with Gasteiger partial charge in [0.05, 0.1) is 5.52 Å². The summed E-state index contributed by atoms with van der Waals surface area (Å²) in [4.78, 5) is 0. The Morgan fingerprint density at radius 3 is 2.35 bits per heavy atom. The first-order chi connectivity index (χ1) is 8.05. The fourth-order valence-electron chi connectivity index (χ4n) is 1.92. The predicted octanol–water partition coefficient (Wildman–Crippen LogP) is 2.00. The number of hydrogen-bond donors (Lipinski definition) is 1. The lowest BCUT2D eigenvalue weighted by molar-refractivity contribution is 0.285. The van der Waals surface area contributed by atoms with Crippen LogP contribution in [0.4, 0.5) is 0 Å². The van der Waals surface area contributed by atoms with Gasteiger partial charge in [0.1, 0.15) is 0 Å². The lowest BCUT2D eigenvalue weighted by atomic mass is 10.2. The Kier molecular flexibility index (Phi) is 3.00. The Balaban J connectivity index is 2.83. The van der Waals surface area contributed by atoms with Gasteiger partial charge in [0.15, 0.2) is 11.2 Å². The van der Waals surface area contributed by atoms with Crippen molar-refractivity contribution >= 4 is 23.9 Å².